The summed E-state index contributed by atoms with van der Waals surface area (Å²) in [4.78, 5) is 38.6. The molecule has 2 amide bonds. The quantitative estimate of drug-likeness (QED) is 0.356. The molecular formula is C24H24ClN3O4S. The van der Waals surface area contributed by atoms with E-state index in [0.717, 1.165) is 5.56 Å². The van der Waals surface area contributed by atoms with Crippen LogP contribution in [0.5, 0.6) is 0 Å². The summed E-state index contributed by atoms with van der Waals surface area (Å²) in [6, 6.07) is 15.9. The van der Waals surface area contributed by atoms with Crippen molar-refractivity contribution in [3.05, 3.63) is 76.8 Å². The maximum atomic E-state index is 12.4. The van der Waals surface area contributed by atoms with Gasteiger partial charge in [0.25, 0.3) is 0 Å². The molecule has 2 aromatic carbocycles. The summed E-state index contributed by atoms with van der Waals surface area (Å²) in [5, 5.41) is 5.89. The summed E-state index contributed by atoms with van der Waals surface area (Å²) in [6.07, 6.45) is 3.29. The van der Waals surface area contributed by atoms with E-state index in [9.17, 15) is 14.4 Å². The molecule has 3 rings (SSSR count). The normalized spacial score (nSPS) is 15.7. The van der Waals surface area contributed by atoms with E-state index in [2.05, 4.69) is 10.6 Å². The minimum atomic E-state index is -0.858. The summed E-state index contributed by atoms with van der Waals surface area (Å²) in [5.41, 5.74) is 1.74. The Bertz CT molecular complexity index is 1050. The molecule has 0 aromatic heterocycles. The molecule has 0 bridgehead atoms. The van der Waals surface area contributed by atoms with Crippen molar-refractivity contribution in [1.29, 1.82) is 0 Å². The maximum Gasteiger partial charge on any atom is 0.308 e. The van der Waals surface area contributed by atoms with Gasteiger partial charge in [0.2, 0.25) is 11.8 Å². The Morgan fingerprint density at radius 1 is 1.18 bits per heavy atom. The molecule has 0 spiro atoms. The van der Waals surface area contributed by atoms with Crippen LogP contribution in [-0.4, -0.2) is 53.5 Å². The van der Waals surface area contributed by atoms with E-state index in [1.807, 2.05) is 36.4 Å². The Morgan fingerprint density at radius 2 is 1.91 bits per heavy atom. The van der Waals surface area contributed by atoms with Crippen molar-refractivity contribution in [2.45, 2.75) is 18.9 Å². The monoisotopic (exact) mass is 485 g/mol. The van der Waals surface area contributed by atoms with Crippen molar-refractivity contribution in [3.63, 3.8) is 0 Å². The topological polar surface area (TPSA) is 87.7 Å². The number of ether oxygens (including phenoxy) is 1. The molecule has 33 heavy (non-hydrogen) atoms. The Balaban J connectivity index is 1.54. The second-order valence-electron chi connectivity index (χ2n) is 7.31. The zero-order chi connectivity index (χ0) is 23.6. The van der Waals surface area contributed by atoms with Crippen LogP contribution < -0.4 is 10.6 Å². The van der Waals surface area contributed by atoms with Gasteiger partial charge in [0.15, 0.2) is 5.11 Å². The third-order valence-corrected chi connectivity index (χ3v) is 5.68. The third kappa shape index (κ3) is 7.40. The van der Waals surface area contributed by atoms with Gasteiger partial charge in [0.1, 0.15) is 6.04 Å². The molecule has 2 N–H and O–H groups in total. The number of halogens is 1. The molecule has 2 aromatic rings. The van der Waals surface area contributed by atoms with E-state index in [1.165, 1.54) is 11.0 Å². The van der Waals surface area contributed by atoms with Gasteiger partial charge in [-0.15, -0.1) is 0 Å². The first-order valence-electron chi connectivity index (χ1n) is 10.5. The van der Waals surface area contributed by atoms with E-state index >= 15 is 0 Å². The number of nitrogens with zero attached hydrogens (tertiary/aromatic N) is 1. The second-order valence-corrected chi connectivity index (χ2v) is 8.10. The minimum absolute atomic E-state index is 0.0701. The summed E-state index contributed by atoms with van der Waals surface area (Å²) in [7, 11) is 0. The van der Waals surface area contributed by atoms with Gasteiger partial charge in [-0.05, 0) is 35.5 Å². The number of hydrogen-bond donors (Lipinski definition) is 2. The van der Waals surface area contributed by atoms with E-state index in [-0.39, 0.29) is 24.0 Å². The first-order valence-corrected chi connectivity index (χ1v) is 11.2. The smallest absolute Gasteiger partial charge is 0.308 e. The van der Waals surface area contributed by atoms with Gasteiger partial charge in [-0.25, -0.2) is 0 Å². The van der Waals surface area contributed by atoms with Crippen LogP contribution in [0.3, 0.4) is 0 Å². The third-order valence-electron chi connectivity index (χ3n) is 5.00. The highest BCUT2D eigenvalue weighted by Gasteiger charge is 2.34. The number of hydrogen-bond acceptors (Lipinski definition) is 5. The Kier molecular flexibility index (Phi) is 8.97. The van der Waals surface area contributed by atoms with E-state index in [4.69, 9.17) is 28.6 Å². The van der Waals surface area contributed by atoms with Crippen molar-refractivity contribution in [2.24, 2.45) is 0 Å². The molecule has 0 radical (unpaired) electrons. The van der Waals surface area contributed by atoms with Crippen LogP contribution in [0.4, 0.5) is 0 Å². The number of amides is 2. The highest BCUT2D eigenvalue weighted by atomic mass is 35.5. The van der Waals surface area contributed by atoms with Crippen LogP contribution in [-0.2, 0) is 25.5 Å². The summed E-state index contributed by atoms with van der Waals surface area (Å²) >= 11 is 11.4. The number of rotatable bonds is 7. The molecule has 1 fully saturated rings. The highest BCUT2D eigenvalue weighted by molar-refractivity contribution is 7.80. The molecule has 1 heterocycles. The fraction of sp³-hybridized carbons (Fsp3) is 0.250. The van der Waals surface area contributed by atoms with Gasteiger partial charge in [0, 0.05) is 30.6 Å². The molecule has 1 aliphatic rings. The van der Waals surface area contributed by atoms with E-state index < -0.39 is 17.9 Å². The van der Waals surface area contributed by atoms with Crippen molar-refractivity contribution in [2.75, 3.05) is 19.7 Å². The zero-order valence-electron chi connectivity index (χ0n) is 17.8. The first kappa shape index (κ1) is 24.4. The lowest BCUT2D eigenvalue weighted by atomic mass is 10.1. The Morgan fingerprint density at radius 3 is 2.67 bits per heavy atom. The fourth-order valence-electron chi connectivity index (χ4n) is 3.30. The summed E-state index contributed by atoms with van der Waals surface area (Å²) in [6.45, 7) is 0.927. The van der Waals surface area contributed by atoms with E-state index in [0.29, 0.717) is 30.1 Å². The van der Waals surface area contributed by atoms with Gasteiger partial charge >= 0.3 is 5.97 Å². The van der Waals surface area contributed by atoms with Crippen molar-refractivity contribution >= 4 is 52.8 Å². The molecule has 1 saturated heterocycles. The lowest BCUT2D eigenvalue weighted by Crippen LogP contribution is -2.60. The van der Waals surface area contributed by atoms with Crippen LogP contribution in [0.2, 0.25) is 5.02 Å². The molecule has 1 aliphatic heterocycles. The number of nitrogens with one attached hydrogen (secondary N) is 2. The van der Waals surface area contributed by atoms with Crippen molar-refractivity contribution < 1.29 is 19.1 Å². The largest absolute Gasteiger partial charge is 0.465 e. The highest BCUT2D eigenvalue weighted by Crippen LogP contribution is 2.16. The van der Waals surface area contributed by atoms with Crippen molar-refractivity contribution in [3.8, 4) is 0 Å². The van der Waals surface area contributed by atoms with Crippen LogP contribution in [0.1, 0.15) is 17.5 Å². The number of piperazine rings is 1. The average Bonchev–Trinajstić information content (AvgIpc) is 2.80. The Hall–Kier alpha value is -3.23. The molecule has 0 saturated carbocycles. The number of thiocarbonyl (C=S) groups is 1. The standard InChI is InChI=1S/C24H24ClN3O4S/c25-19-9-5-4-8-18(19)10-11-21(29)27-24(33)28-14-13-26-23(31)20(28)16-22(30)32-15-12-17-6-2-1-3-7-17/h1-11,20H,12-16H2,(H,26,31)(H,27,29,33). The predicted octanol–water partition coefficient (Wildman–Crippen LogP) is 2.73. The maximum absolute atomic E-state index is 12.4. The summed E-state index contributed by atoms with van der Waals surface area (Å²) in [5.74, 6) is -1.31. The fourth-order valence-corrected chi connectivity index (χ4v) is 3.82. The lowest BCUT2D eigenvalue weighted by molar-refractivity contribution is -0.147. The summed E-state index contributed by atoms with van der Waals surface area (Å²) < 4.78 is 5.31. The molecule has 172 valence electrons. The molecule has 1 atom stereocenters. The van der Waals surface area contributed by atoms with Gasteiger partial charge in [-0.1, -0.05) is 60.1 Å². The molecule has 0 aliphatic carbocycles. The number of benzene rings is 2. The molecule has 7 nitrogen and oxygen atoms in total. The minimum Gasteiger partial charge on any atom is -0.465 e. The van der Waals surface area contributed by atoms with Gasteiger partial charge in [0.05, 0.1) is 13.0 Å². The molecular weight excluding hydrogens is 462 g/mol. The molecule has 1 unspecified atom stereocenters. The van der Waals surface area contributed by atoms with Gasteiger partial charge < -0.3 is 15.0 Å². The number of esters is 1. The van der Waals surface area contributed by atoms with Crippen molar-refractivity contribution in [1.82, 2.24) is 15.5 Å². The molecule has 9 heteroatoms. The number of carbonyl (C=O) groups is 3. The lowest BCUT2D eigenvalue weighted by Gasteiger charge is -2.36. The Labute approximate surface area is 202 Å². The predicted molar refractivity (Wildman–Crippen MR) is 130 cm³/mol. The average molecular weight is 486 g/mol. The first-order chi connectivity index (χ1) is 15.9. The second kappa shape index (κ2) is 12.1. The SMILES string of the molecule is O=C(C=Cc1ccccc1Cl)NC(=S)N1CCNC(=O)C1CC(=O)OCCc1ccccc1. The van der Waals surface area contributed by atoms with Crippen LogP contribution in [0.15, 0.2) is 60.7 Å². The van der Waals surface area contributed by atoms with Crippen LogP contribution in [0.25, 0.3) is 6.08 Å². The van der Waals surface area contributed by atoms with Gasteiger partial charge in [-0.3, -0.25) is 19.7 Å². The van der Waals surface area contributed by atoms with E-state index in [1.54, 1.807) is 24.3 Å². The van der Waals surface area contributed by atoms with Gasteiger partial charge in [-0.2, -0.15) is 0 Å². The zero-order valence-corrected chi connectivity index (χ0v) is 19.4. The number of carbonyl (C=O) groups excluding carboxylic acids is 3. The van der Waals surface area contributed by atoms with Crippen LogP contribution >= 0.6 is 23.8 Å². The van der Waals surface area contributed by atoms with Crippen LogP contribution in [0, 0.1) is 0 Å².